The van der Waals surface area contributed by atoms with Crippen molar-refractivity contribution in [2.45, 2.75) is 19.8 Å². The Kier molecular flexibility index (Phi) is 2.93. The van der Waals surface area contributed by atoms with Gasteiger partial charge in [0, 0.05) is 31.9 Å². The van der Waals surface area contributed by atoms with Crippen LogP contribution in [0.2, 0.25) is 0 Å². The molecule has 2 aromatic rings. The Hall–Kier alpha value is -1.03. The summed E-state index contributed by atoms with van der Waals surface area (Å²) in [6, 6.07) is 4.25. The van der Waals surface area contributed by atoms with Crippen LogP contribution in [0.4, 0.5) is 5.69 Å². The molecule has 0 saturated heterocycles. The van der Waals surface area contributed by atoms with Gasteiger partial charge >= 0.3 is 0 Å². The summed E-state index contributed by atoms with van der Waals surface area (Å²) < 4.78 is 3.06. The largest absolute Gasteiger partial charge is 0.378 e. The van der Waals surface area contributed by atoms with E-state index in [-0.39, 0.29) is 0 Å². The normalized spacial score (nSPS) is 11.4. The molecule has 3 nitrogen and oxygen atoms in total. The molecule has 0 radical (unpaired) electrons. The summed E-state index contributed by atoms with van der Waals surface area (Å²) in [4.78, 5) is 6.64. The zero-order valence-electron chi connectivity index (χ0n) is 10.0. The summed E-state index contributed by atoms with van der Waals surface area (Å²) >= 11 is 3.52. The molecule has 2 heterocycles. The van der Waals surface area contributed by atoms with Crippen LogP contribution in [0.3, 0.4) is 0 Å². The minimum atomic E-state index is 0.420. The molecule has 0 aromatic carbocycles. The van der Waals surface area contributed by atoms with Gasteiger partial charge in [0.15, 0.2) is 0 Å². The number of rotatable bonds is 2. The van der Waals surface area contributed by atoms with Crippen molar-refractivity contribution >= 4 is 27.1 Å². The maximum absolute atomic E-state index is 4.55. The Labute approximate surface area is 104 Å². The lowest BCUT2D eigenvalue weighted by Gasteiger charge is -2.13. The van der Waals surface area contributed by atoms with Gasteiger partial charge in [0.25, 0.3) is 0 Å². The van der Waals surface area contributed by atoms with Crippen LogP contribution in [-0.4, -0.2) is 23.5 Å². The topological polar surface area (TPSA) is 20.5 Å². The van der Waals surface area contributed by atoms with Crippen molar-refractivity contribution < 1.29 is 0 Å². The van der Waals surface area contributed by atoms with Gasteiger partial charge in [0.05, 0.1) is 5.52 Å². The number of halogens is 1. The molecule has 0 fully saturated rings. The highest BCUT2D eigenvalue weighted by Crippen LogP contribution is 2.26. The van der Waals surface area contributed by atoms with E-state index in [1.54, 1.807) is 0 Å². The molecule has 0 amide bonds. The highest BCUT2D eigenvalue weighted by molar-refractivity contribution is 9.10. The monoisotopic (exact) mass is 281 g/mol. The molecule has 0 aliphatic carbocycles. The number of anilines is 1. The van der Waals surface area contributed by atoms with Gasteiger partial charge in [-0.1, -0.05) is 13.8 Å². The quantitative estimate of drug-likeness (QED) is 0.842. The van der Waals surface area contributed by atoms with Gasteiger partial charge in [-0.3, -0.25) is 0 Å². The average molecular weight is 282 g/mol. The van der Waals surface area contributed by atoms with Crippen LogP contribution < -0.4 is 4.90 Å². The molecule has 86 valence electrons. The smallest absolute Gasteiger partial charge is 0.132 e. The second-order valence-electron chi connectivity index (χ2n) is 4.45. The fourth-order valence-corrected chi connectivity index (χ4v) is 2.23. The van der Waals surface area contributed by atoms with Gasteiger partial charge in [0.2, 0.25) is 0 Å². The van der Waals surface area contributed by atoms with E-state index in [1.807, 2.05) is 14.1 Å². The highest BCUT2D eigenvalue weighted by Gasteiger charge is 2.12. The average Bonchev–Trinajstić information content (AvgIpc) is 2.56. The minimum absolute atomic E-state index is 0.420. The van der Waals surface area contributed by atoms with Crippen molar-refractivity contribution in [1.82, 2.24) is 9.38 Å². The second-order valence-corrected chi connectivity index (χ2v) is 5.20. The third-order valence-electron chi connectivity index (χ3n) is 2.64. The van der Waals surface area contributed by atoms with Crippen molar-refractivity contribution in [2.24, 2.45) is 0 Å². The second kappa shape index (κ2) is 4.09. The van der Waals surface area contributed by atoms with Gasteiger partial charge in [0.1, 0.15) is 10.4 Å². The molecule has 4 heteroatoms. The number of hydrogen-bond donors (Lipinski definition) is 0. The molecule has 0 saturated carbocycles. The van der Waals surface area contributed by atoms with E-state index in [0.717, 1.165) is 15.9 Å². The molecule has 0 spiro atoms. The number of nitrogens with zero attached hydrogens (tertiary/aromatic N) is 3. The van der Waals surface area contributed by atoms with Gasteiger partial charge in [-0.05, 0) is 28.1 Å². The van der Waals surface area contributed by atoms with Crippen molar-refractivity contribution in [3.63, 3.8) is 0 Å². The fraction of sp³-hybridized carbons (Fsp3) is 0.417. The van der Waals surface area contributed by atoms with Crippen LogP contribution in [0.5, 0.6) is 0 Å². The van der Waals surface area contributed by atoms with E-state index >= 15 is 0 Å². The van der Waals surface area contributed by atoms with E-state index in [2.05, 4.69) is 62.4 Å². The van der Waals surface area contributed by atoms with E-state index in [0.29, 0.717) is 5.92 Å². The minimum Gasteiger partial charge on any atom is -0.378 e. The highest BCUT2D eigenvalue weighted by atomic mass is 79.9. The summed E-state index contributed by atoms with van der Waals surface area (Å²) in [6.45, 7) is 4.31. The Morgan fingerprint density at radius 3 is 2.62 bits per heavy atom. The number of hydrogen-bond acceptors (Lipinski definition) is 2. The Morgan fingerprint density at radius 2 is 2.06 bits per heavy atom. The Bertz CT molecular complexity index is 514. The van der Waals surface area contributed by atoms with Crippen LogP contribution in [0.25, 0.3) is 5.52 Å². The molecule has 0 aliphatic heterocycles. The molecule has 16 heavy (non-hydrogen) atoms. The first-order valence-corrected chi connectivity index (χ1v) is 6.15. The van der Waals surface area contributed by atoms with Crippen molar-refractivity contribution in [3.05, 3.63) is 28.8 Å². The van der Waals surface area contributed by atoms with Crippen LogP contribution in [-0.2, 0) is 0 Å². The van der Waals surface area contributed by atoms with Crippen LogP contribution in [0, 0.1) is 0 Å². The zero-order chi connectivity index (χ0) is 11.9. The third-order valence-corrected chi connectivity index (χ3v) is 3.23. The van der Waals surface area contributed by atoms with Gasteiger partial charge in [-0.15, -0.1) is 0 Å². The summed E-state index contributed by atoms with van der Waals surface area (Å²) in [5, 5.41) is 0. The number of fused-ring (bicyclic) bond motifs is 1. The Balaban J connectivity index is 2.67. The van der Waals surface area contributed by atoms with E-state index < -0.39 is 0 Å². The summed E-state index contributed by atoms with van der Waals surface area (Å²) in [5.74, 6) is 1.51. The van der Waals surface area contributed by atoms with Crippen LogP contribution >= 0.6 is 15.9 Å². The number of aromatic nitrogens is 2. The molecule has 0 N–H and O–H groups in total. The molecular weight excluding hydrogens is 266 g/mol. The number of pyridine rings is 1. The third kappa shape index (κ3) is 1.82. The summed E-state index contributed by atoms with van der Waals surface area (Å²) in [5.41, 5.74) is 2.30. The molecule has 0 aliphatic rings. The van der Waals surface area contributed by atoms with Crippen LogP contribution in [0.1, 0.15) is 25.6 Å². The molecular formula is C12H16BrN3. The molecule has 2 aromatic heterocycles. The van der Waals surface area contributed by atoms with Gasteiger partial charge in [-0.2, -0.15) is 0 Å². The van der Waals surface area contributed by atoms with E-state index in [4.69, 9.17) is 0 Å². The van der Waals surface area contributed by atoms with Crippen LogP contribution in [0.15, 0.2) is 22.9 Å². The SMILES string of the molecule is CC(C)c1nc(Br)c2cc(N(C)C)ccn12. The molecule has 0 bridgehead atoms. The maximum atomic E-state index is 4.55. The van der Waals surface area contributed by atoms with E-state index in [1.165, 1.54) is 5.69 Å². The zero-order valence-corrected chi connectivity index (χ0v) is 11.6. The molecule has 2 rings (SSSR count). The van der Waals surface area contributed by atoms with Crippen molar-refractivity contribution in [3.8, 4) is 0 Å². The molecule has 0 unspecified atom stereocenters. The lowest BCUT2D eigenvalue weighted by molar-refractivity contribution is 0.769. The summed E-state index contributed by atoms with van der Waals surface area (Å²) in [6.07, 6.45) is 2.08. The lowest BCUT2D eigenvalue weighted by Crippen LogP contribution is -2.09. The van der Waals surface area contributed by atoms with Gasteiger partial charge < -0.3 is 9.30 Å². The lowest BCUT2D eigenvalue weighted by atomic mass is 10.2. The van der Waals surface area contributed by atoms with Crippen molar-refractivity contribution in [1.29, 1.82) is 0 Å². The van der Waals surface area contributed by atoms with Crippen molar-refractivity contribution in [2.75, 3.05) is 19.0 Å². The first-order valence-electron chi connectivity index (χ1n) is 5.35. The summed E-state index contributed by atoms with van der Waals surface area (Å²) in [7, 11) is 4.08. The standard InChI is InChI=1S/C12H16BrN3/c1-8(2)12-14-11(13)10-7-9(15(3)4)5-6-16(10)12/h5-8H,1-4H3. The molecule has 0 atom stereocenters. The van der Waals surface area contributed by atoms with Gasteiger partial charge in [-0.25, -0.2) is 4.98 Å². The predicted octanol–water partition coefficient (Wildman–Crippen LogP) is 3.29. The van der Waals surface area contributed by atoms with E-state index in [9.17, 15) is 0 Å². The maximum Gasteiger partial charge on any atom is 0.132 e. The fourth-order valence-electron chi connectivity index (χ4n) is 1.74. The predicted molar refractivity (Wildman–Crippen MR) is 71.3 cm³/mol. The number of imidazole rings is 1. The first kappa shape index (κ1) is 11.5. The first-order chi connectivity index (χ1) is 7.50. The Morgan fingerprint density at radius 1 is 1.38 bits per heavy atom.